The van der Waals surface area contributed by atoms with Crippen LogP contribution in [0.15, 0.2) is 4.99 Å². The highest BCUT2D eigenvalue weighted by Crippen LogP contribution is 2.06. The van der Waals surface area contributed by atoms with Gasteiger partial charge in [0, 0.05) is 19.1 Å². The molecule has 15 heavy (non-hydrogen) atoms. The van der Waals surface area contributed by atoms with Gasteiger partial charge in [-0.15, -0.1) is 0 Å². The molecule has 0 bridgehead atoms. The maximum Gasteiger partial charge on any atom is 0.241 e. The van der Waals surface area contributed by atoms with Crippen LogP contribution in [0.2, 0.25) is 0 Å². The molecule has 1 unspecified atom stereocenters. The zero-order valence-electron chi connectivity index (χ0n) is 9.12. The summed E-state index contributed by atoms with van der Waals surface area (Å²) >= 11 is 0. The van der Waals surface area contributed by atoms with Crippen LogP contribution < -0.4 is 10.6 Å². The van der Waals surface area contributed by atoms with Crippen molar-refractivity contribution in [1.29, 1.82) is 0 Å². The van der Waals surface area contributed by atoms with E-state index in [0.29, 0.717) is 12.6 Å². The van der Waals surface area contributed by atoms with E-state index in [1.165, 1.54) is 0 Å². The highest BCUT2D eigenvalue weighted by atomic mass is 16.2. The van der Waals surface area contributed by atoms with Crippen molar-refractivity contribution in [3.8, 4) is 0 Å². The molecule has 0 aromatic carbocycles. The molecule has 0 aromatic heterocycles. The van der Waals surface area contributed by atoms with Gasteiger partial charge in [-0.3, -0.25) is 9.79 Å². The third-order valence-corrected chi connectivity index (χ3v) is 2.77. The van der Waals surface area contributed by atoms with E-state index in [2.05, 4.69) is 22.5 Å². The molecule has 2 rings (SSSR count). The summed E-state index contributed by atoms with van der Waals surface area (Å²) in [5.41, 5.74) is 0. The molecular formula is C10H18N4O. The van der Waals surface area contributed by atoms with Crippen LogP contribution in [0.5, 0.6) is 0 Å². The van der Waals surface area contributed by atoms with Crippen LogP contribution in [-0.2, 0) is 4.79 Å². The van der Waals surface area contributed by atoms with Crippen LogP contribution in [0.3, 0.4) is 0 Å². The highest BCUT2D eigenvalue weighted by Gasteiger charge is 2.19. The third-order valence-electron chi connectivity index (χ3n) is 2.77. The Balaban J connectivity index is 1.71. The minimum absolute atomic E-state index is 0.177. The molecule has 0 spiro atoms. The second-order valence-electron chi connectivity index (χ2n) is 4.18. The summed E-state index contributed by atoms with van der Waals surface area (Å²) in [4.78, 5) is 17.8. The van der Waals surface area contributed by atoms with Crippen molar-refractivity contribution in [3.05, 3.63) is 0 Å². The molecule has 0 aliphatic carbocycles. The van der Waals surface area contributed by atoms with Crippen LogP contribution in [-0.4, -0.2) is 49.0 Å². The fraction of sp³-hybridized carbons (Fsp3) is 0.800. The fourth-order valence-corrected chi connectivity index (χ4v) is 1.90. The lowest BCUT2D eigenvalue weighted by atomic mass is 10.4. The smallest absolute Gasteiger partial charge is 0.241 e. The molecule has 0 aromatic rings. The predicted molar refractivity (Wildman–Crippen MR) is 58.7 cm³/mol. The number of rotatable bonds is 2. The van der Waals surface area contributed by atoms with Crippen molar-refractivity contribution in [2.45, 2.75) is 25.8 Å². The van der Waals surface area contributed by atoms with Crippen LogP contribution in [0.25, 0.3) is 0 Å². The van der Waals surface area contributed by atoms with Crippen molar-refractivity contribution in [1.82, 2.24) is 15.5 Å². The van der Waals surface area contributed by atoms with E-state index in [4.69, 9.17) is 0 Å². The summed E-state index contributed by atoms with van der Waals surface area (Å²) in [5.74, 6) is 0.937. The van der Waals surface area contributed by atoms with Gasteiger partial charge in [0.2, 0.25) is 5.91 Å². The van der Waals surface area contributed by atoms with Gasteiger partial charge in [0.25, 0.3) is 0 Å². The summed E-state index contributed by atoms with van der Waals surface area (Å²) < 4.78 is 0. The van der Waals surface area contributed by atoms with Gasteiger partial charge in [-0.05, 0) is 19.8 Å². The van der Waals surface area contributed by atoms with Crippen LogP contribution in [0.1, 0.15) is 19.8 Å². The van der Waals surface area contributed by atoms with Gasteiger partial charge in [0.1, 0.15) is 0 Å². The van der Waals surface area contributed by atoms with Gasteiger partial charge in [0.05, 0.1) is 13.1 Å². The van der Waals surface area contributed by atoms with E-state index >= 15 is 0 Å². The van der Waals surface area contributed by atoms with Crippen molar-refractivity contribution in [2.24, 2.45) is 4.99 Å². The topological polar surface area (TPSA) is 56.7 Å². The highest BCUT2D eigenvalue weighted by molar-refractivity contribution is 5.87. The van der Waals surface area contributed by atoms with Crippen LogP contribution in [0, 0.1) is 0 Å². The lowest BCUT2D eigenvalue weighted by molar-refractivity contribution is -0.128. The quantitative estimate of drug-likeness (QED) is 0.649. The van der Waals surface area contributed by atoms with Crippen molar-refractivity contribution in [3.63, 3.8) is 0 Å². The predicted octanol–water partition coefficient (Wildman–Crippen LogP) is -0.454. The first kappa shape index (κ1) is 10.3. The van der Waals surface area contributed by atoms with Crippen molar-refractivity contribution < 1.29 is 4.79 Å². The number of likely N-dealkylation sites (tertiary alicyclic amines) is 1. The van der Waals surface area contributed by atoms with E-state index in [1.807, 2.05) is 4.90 Å². The Kier molecular flexibility index (Phi) is 3.08. The van der Waals surface area contributed by atoms with E-state index in [0.717, 1.165) is 38.4 Å². The Labute approximate surface area is 89.9 Å². The van der Waals surface area contributed by atoms with Crippen molar-refractivity contribution in [2.75, 3.05) is 26.2 Å². The van der Waals surface area contributed by atoms with Gasteiger partial charge in [-0.1, -0.05) is 0 Å². The Morgan fingerprint density at radius 2 is 2.33 bits per heavy atom. The SMILES string of the molecule is CC1CN=C(NCC(=O)N2CCCC2)N1. The maximum atomic E-state index is 11.7. The van der Waals surface area contributed by atoms with Gasteiger partial charge < -0.3 is 15.5 Å². The van der Waals surface area contributed by atoms with E-state index < -0.39 is 0 Å². The number of guanidine groups is 1. The first-order valence-electron chi connectivity index (χ1n) is 5.58. The van der Waals surface area contributed by atoms with Crippen LogP contribution >= 0.6 is 0 Å². The van der Waals surface area contributed by atoms with Crippen LogP contribution in [0.4, 0.5) is 0 Å². The number of carbonyl (C=O) groups is 1. The average Bonchev–Trinajstić information content (AvgIpc) is 2.84. The Hall–Kier alpha value is -1.26. The molecule has 1 amide bonds. The molecule has 5 heteroatoms. The number of carbonyl (C=O) groups excluding carboxylic acids is 1. The molecule has 2 N–H and O–H groups in total. The third kappa shape index (κ3) is 2.61. The second-order valence-corrected chi connectivity index (χ2v) is 4.18. The summed E-state index contributed by atoms with van der Waals surface area (Å²) in [5, 5.41) is 6.20. The lowest BCUT2D eigenvalue weighted by Gasteiger charge is -2.16. The number of nitrogens with one attached hydrogen (secondary N) is 2. The van der Waals surface area contributed by atoms with E-state index in [1.54, 1.807) is 0 Å². The molecule has 2 heterocycles. The largest absolute Gasteiger partial charge is 0.352 e. The molecule has 0 saturated carbocycles. The van der Waals surface area contributed by atoms with Gasteiger partial charge >= 0.3 is 0 Å². The minimum Gasteiger partial charge on any atom is -0.352 e. The molecule has 5 nitrogen and oxygen atoms in total. The standard InChI is InChI=1S/C10H18N4O/c1-8-6-11-10(13-8)12-7-9(15)14-4-2-3-5-14/h8H,2-7H2,1H3,(H2,11,12,13). The summed E-state index contributed by atoms with van der Waals surface area (Å²) in [6, 6.07) is 0.384. The fourth-order valence-electron chi connectivity index (χ4n) is 1.90. The van der Waals surface area contributed by atoms with Gasteiger partial charge in [-0.2, -0.15) is 0 Å². The number of hydrogen-bond donors (Lipinski definition) is 2. The number of aliphatic imine (C=N–C) groups is 1. The Morgan fingerprint density at radius 1 is 1.60 bits per heavy atom. The lowest BCUT2D eigenvalue weighted by Crippen LogP contribution is -2.43. The number of amides is 1. The van der Waals surface area contributed by atoms with E-state index in [-0.39, 0.29) is 5.91 Å². The zero-order valence-corrected chi connectivity index (χ0v) is 9.12. The summed E-state index contributed by atoms with van der Waals surface area (Å²) in [6.07, 6.45) is 2.28. The summed E-state index contributed by atoms with van der Waals surface area (Å²) in [7, 11) is 0. The monoisotopic (exact) mass is 210 g/mol. The molecule has 2 aliphatic rings. The Bertz CT molecular complexity index is 271. The minimum atomic E-state index is 0.177. The maximum absolute atomic E-state index is 11.7. The van der Waals surface area contributed by atoms with Gasteiger partial charge in [0.15, 0.2) is 5.96 Å². The molecule has 1 fully saturated rings. The van der Waals surface area contributed by atoms with E-state index in [9.17, 15) is 4.79 Å². The second kappa shape index (κ2) is 4.51. The van der Waals surface area contributed by atoms with Gasteiger partial charge in [-0.25, -0.2) is 0 Å². The summed E-state index contributed by atoms with van der Waals surface area (Å²) in [6.45, 7) is 5.05. The first-order valence-corrected chi connectivity index (χ1v) is 5.58. The normalized spacial score (nSPS) is 25.0. The number of hydrogen-bond acceptors (Lipinski definition) is 4. The van der Waals surface area contributed by atoms with Crippen molar-refractivity contribution >= 4 is 11.9 Å². The molecule has 1 saturated heterocycles. The first-order chi connectivity index (χ1) is 7.25. The molecular weight excluding hydrogens is 192 g/mol. The molecule has 2 aliphatic heterocycles. The Morgan fingerprint density at radius 3 is 2.93 bits per heavy atom. The molecule has 84 valence electrons. The molecule has 0 radical (unpaired) electrons. The number of nitrogens with zero attached hydrogens (tertiary/aromatic N) is 2. The average molecular weight is 210 g/mol. The molecule has 1 atom stereocenters. The zero-order chi connectivity index (χ0) is 10.7.